The molecule has 0 aliphatic carbocycles. The minimum atomic E-state index is -0.440. The number of nitrogens with zero attached hydrogens (tertiary/aromatic N) is 2. The first-order valence-electron chi connectivity index (χ1n) is 8.47. The molecule has 0 spiro atoms. The Labute approximate surface area is 155 Å². The summed E-state index contributed by atoms with van der Waals surface area (Å²) in [4.78, 5) is 16.4. The Morgan fingerprint density at radius 3 is 3.00 bits per heavy atom. The third-order valence-corrected chi connectivity index (χ3v) is 4.96. The molecule has 1 aromatic heterocycles. The van der Waals surface area contributed by atoms with Crippen LogP contribution in [0.3, 0.4) is 0 Å². The van der Waals surface area contributed by atoms with E-state index in [9.17, 15) is 15.2 Å². The van der Waals surface area contributed by atoms with Gasteiger partial charge >= 0.3 is 0 Å². The van der Waals surface area contributed by atoms with Crippen LogP contribution in [0.15, 0.2) is 41.8 Å². The van der Waals surface area contributed by atoms with Crippen molar-refractivity contribution in [1.82, 2.24) is 4.98 Å². The Morgan fingerprint density at radius 1 is 1.38 bits per heavy atom. The van der Waals surface area contributed by atoms with E-state index in [0.29, 0.717) is 16.7 Å². The summed E-state index contributed by atoms with van der Waals surface area (Å²) in [6.07, 6.45) is 7.00. The fourth-order valence-corrected chi connectivity index (χ4v) is 3.46. The molecular weight excluding hydrogens is 352 g/mol. The van der Waals surface area contributed by atoms with Crippen molar-refractivity contribution in [2.45, 2.75) is 32.3 Å². The van der Waals surface area contributed by atoms with E-state index < -0.39 is 11.0 Å². The summed E-state index contributed by atoms with van der Waals surface area (Å²) in [5.74, 6) is 0.489. The summed E-state index contributed by atoms with van der Waals surface area (Å²) < 4.78 is 5.83. The molecule has 26 heavy (non-hydrogen) atoms. The number of aliphatic hydroxyl groups excluding tert-OH is 1. The normalized spacial score (nSPS) is 19.1. The van der Waals surface area contributed by atoms with E-state index in [0.717, 1.165) is 29.9 Å². The second kappa shape index (κ2) is 8.33. The van der Waals surface area contributed by atoms with Crippen molar-refractivity contribution < 1.29 is 14.8 Å². The largest absolute Gasteiger partial charge is 0.488 e. The van der Waals surface area contributed by atoms with Crippen molar-refractivity contribution in [2.75, 3.05) is 6.61 Å². The molecule has 2 heterocycles. The fraction of sp³-hybridized carbons (Fsp3) is 0.316. The van der Waals surface area contributed by atoms with Gasteiger partial charge in [-0.2, -0.15) is 0 Å². The van der Waals surface area contributed by atoms with Gasteiger partial charge in [0.15, 0.2) is 0 Å². The molecule has 1 unspecified atom stereocenters. The number of pyridine rings is 1. The minimum Gasteiger partial charge on any atom is -0.488 e. The number of hydrogen-bond donors (Lipinski definition) is 1. The number of nitro groups is 1. The maximum Gasteiger partial charge on any atom is 0.270 e. The summed E-state index contributed by atoms with van der Waals surface area (Å²) >= 11 is 1.61. The molecule has 6 nitrogen and oxygen atoms in total. The molecule has 1 aliphatic heterocycles. The maximum atomic E-state index is 11.1. The average molecular weight is 372 g/mol. The second-order valence-electron chi connectivity index (χ2n) is 6.06. The van der Waals surface area contributed by atoms with Crippen LogP contribution in [-0.4, -0.2) is 27.7 Å². The van der Waals surface area contributed by atoms with E-state index in [-0.39, 0.29) is 12.3 Å². The first-order valence-corrected chi connectivity index (χ1v) is 9.35. The Morgan fingerprint density at radius 2 is 2.23 bits per heavy atom. The summed E-state index contributed by atoms with van der Waals surface area (Å²) in [6, 6.07) is 6.34. The predicted molar refractivity (Wildman–Crippen MR) is 104 cm³/mol. The fourth-order valence-electron chi connectivity index (χ4n) is 2.65. The van der Waals surface area contributed by atoms with E-state index in [1.165, 1.54) is 12.1 Å². The smallest absolute Gasteiger partial charge is 0.270 e. The van der Waals surface area contributed by atoms with Crippen LogP contribution >= 0.6 is 11.8 Å². The molecule has 1 aromatic carbocycles. The van der Waals surface area contributed by atoms with E-state index in [4.69, 9.17) is 4.74 Å². The molecule has 0 bridgehead atoms. The molecule has 1 atom stereocenters. The highest BCUT2D eigenvalue weighted by molar-refractivity contribution is 8.10. The van der Waals surface area contributed by atoms with Crippen molar-refractivity contribution in [1.29, 1.82) is 0 Å². The van der Waals surface area contributed by atoms with E-state index in [2.05, 4.69) is 22.5 Å². The topological polar surface area (TPSA) is 85.5 Å². The quantitative estimate of drug-likeness (QED) is 0.606. The number of nitro benzene ring substituents is 1. The van der Waals surface area contributed by atoms with Gasteiger partial charge in [-0.1, -0.05) is 23.9 Å². The van der Waals surface area contributed by atoms with Crippen LogP contribution in [0.5, 0.6) is 5.75 Å². The van der Waals surface area contributed by atoms with Crippen LogP contribution in [0.4, 0.5) is 5.69 Å². The SMILES string of the molecule is CC(CO)Oc1cc(/C2=C/CCC/C=C/S2)nc2ccc([N+](=O)[O-])cc12. The summed E-state index contributed by atoms with van der Waals surface area (Å²) in [6.45, 7) is 1.60. The van der Waals surface area contributed by atoms with Crippen LogP contribution in [-0.2, 0) is 0 Å². The molecule has 0 saturated carbocycles. The number of benzene rings is 1. The molecular formula is C19H20N2O4S. The molecule has 3 rings (SSSR count). The van der Waals surface area contributed by atoms with Gasteiger partial charge in [0.25, 0.3) is 5.69 Å². The molecule has 0 saturated heterocycles. The van der Waals surface area contributed by atoms with Crippen LogP contribution in [0.2, 0.25) is 0 Å². The van der Waals surface area contributed by atoms with Gasteiger partial charge in [-0.3, -0.25) is 10.1 Å². The van der Waals surface area contributed by atoms with Gasteiger partial charge in [-0.25, -0.2) is 4.98 Å². The zero-order valence-corrected chi connectivity index (χ0v) is 15.2. The van der Waals surface area contributed by atoms with Gasteiger partial charge in [-0.05, 0) is 37.7 Å². The summed E-state index contributed by atoms with van der Waals surface area (Å²) in [5, 5.41) is 23.1. The van der Waals surface area contributed by atoms with Crippen LogP contribution in [0, 0.1) is 10.1 Å². The summed E-state index contributed by atoms with van der Waals surface area (Å²) in [7, 11) is 0. The number of aromatic nitrogens is 1. The molecule has 7 heteroatoms. The molecule has 0 radical (unpaired) electrons. The Bertz CT molecular complexity index is 879. The monoisotopic (exact) mass is 372 g/mol. The summed E-state index contributed by atoms with van der Waals surface area (Å²) in [5.41, 5.74) is 1.37. The number of thioether (sulfide) groups is 1. The van der Waals surface area contributed by atoms with E-state index >= 15 is 0 Å². The number of rotatable bonds is 5. The lowest BCUT2D eigenvalue weighted by Crippen LogP contribution is -2.16. The third kappa shape index (κ3) is 4.23. The first-order chi connectivity index (χ1) is 12.6. The number of aliphatic hydroxyl groups is 1. The number of non-ortho nitro benzene ring substituents is 1. The van der Waals surface area contributed by atoms with Gasteiger partial charge in [0.1, 0.15) is 11.9 Å². The van der Waals surface area contributed by atoms with Crippen molar-refractivity contribution in [3.63, 3.8) is 0 Å². The zero-order chi connectivity index (χ0) is 18.5. The Kier molecular flexibility index (Phi) is 5.90. The first kappa shape index (κ1) is 18.4. The van der Waals surface area contributed by atoms with Crippen LogP contribution < -0.4 is 4.74 Å². The number of ether oxygens (including phenoxy) is 1. The highest BCUT2D eigenvalue weighted by Gasteiger charge is 2.16. The average Bonchev–Trinajstić information content (AvgIpc) is 2.60. The third-order valence-electron chi connectivity index (χ3n) is 4.00. The Hall–Kier alpha value is -2.38. The van der Waals surface area contributed by atoms with Crippen LogP contribution in [0.1, 0.15) is 31.9 Å². The lowest BCUT2D eigenvalue weighted by Gasteiger charge is -2.16. The standard InChI is InChI=1S/C19H20N2O4S/c1-13(12-22)25-18-11-17(19-6-4-2-3-5-9-26-19)20-16-8-7-14(21(23)24)10-15(16)18/h5-11,13,22H,2-4,12H2,1H3/b9-5+,19-6-. The van der Waals surface area contributed by atoms with E-state index in [1.807, 2.05) is 0 Å². The lowest BCUT2D eigenvalue weighted by atomic mass is 10.1. The number of allylic oxidation sites excluding steroid dienone is 2. The van der Waals surface area contributed by atoms with Gasteiger partial charge in [0.05, 0.1) is 22.7 Å². The molecule has 1 aliphatic rings. The van der Waals surface area contributed by atoms with Crippen molar-refractivity contribution in [2.24, 2.45) is 0 Å². The van der Waals surface area contributed by atoms with Gasteiger partial charge in [0.2, 0.25) is 0 Å². The molecule has 0 fully saturated rings. The molecule has 136 valence electrons. The predicted octanol–water partition coefficient (Wildman–Crippen LogP) is 4.67. The number of fused-ring (bicyclic) bond motifs is 1. The van der Waals surface area contributed by atoms with Gasteiger partial charge < -0.3 is 9.84 Å². The highest BCUT2D eigenvalue weighted by atomic mass is 32.2. The Balaban J connectivity index is 2.11. The second-order valence-corrected chi connectivity index (χ2v) is 7.01. The van der Waals surface area contributed by atoms with Crippen LogP contribution in [0.25, 0.3) is 15.8 Å². The van der Waals surface area contributed by atoms with Gasteiger partial charge in [0, 0.05) is 28.5 Å². The minimum absolute atomic E-state index is 0.0176. The van der Waals surface area contributed by atoms with E-state index in [1.54, 1.807) is 30.8 Å². The highest BCUT2D eigenvalue weighted by Crippen LogP contribution is 2.36. The molecule has 0 amide bonds. The number of hydrogen-bond acceptors (Lipinski definition) is 6. The zero-order valence-electron chi connectivity index (χ0n) is 14.4. The van der Waals surface area contributed by atoms with Crippen molar-refractivity contribution >= 4 is 33.3 Å². The molecule has 2 aromatic rings. The maximum absolute atomic E-state index is 11.1. The van der Waals surface area contributed by atoms with Crippen molar-refractivity contribution in [3.05, 3.63) is 57.6 Å². The van der Waals surface area contributed by atoms with Gasteiger partial charge in [-0.15, -0.1) is 0 Å². The van der Waals surface area contributed by atoms with Crippen molar-refractivity contribution in [3.8, 4) is 5.75 Å². The molecule has 1 N–H and O–H groups in total. The lowest BCUT2D eigenvalue weighted by molar-refractivity contribution is -0.384.